The number of aromatic hydroxyl groups is 1. The molecular formula is C22H18N2OS. The lowest BCUT2D eigenvalue weighted by atomic mass is 9.77. The van der Waals surface area contributed by atoms with Gasteiger partial charge in [0.25, 0.3) is 0 Å². The van der Waals surface area contributed by atoms with Crippen LogP contribution in [0.15, 0.2) is 96.4 Å². The molecule has 0 radical (unpaired) electrons. The highest BCUT2D eigenvalue weighted by atomic mass is 32.1. The van der Waals surface area contributed by atoms with Gasteiger partial charge in [-0.15, -0.1) is 11.3 Å². The Morgan fingerprint density at radius 1 is 0.692 bits per heavy atom. The van der Waals surface area contributed by atoms with E-state index in [-0.39, 0.29) is 5.88 Å². The molecular weight excluding hydrogens is 340 g/mol. The van der Waals surface area contributed by atoms with E-state index < -0.39 is 5.54 Å². The molecule has 0 aliphatic rings. The van der Waals surface area contributed by atoms with Crippen LogP contribution in [0.1, 0.15) is 16.7 Å². The lowest BCUT2D eigenvalue weighted by Crippen LogP contribution is -2.38. The molecule has 4 heteroatoms. The van der Waals surface area contributed by atoms with Crippen molar-refractivity contribution in [2.45, 2.75) is 5.54 Å². The largest absolute Gasteiger partial charge is 0.493 e. The van der Waals surface area contributed by atoms with E-state index in [1.54, 1.807) is 5.38 Å². The van der Waals surface area contributed by atoms with Crippen molar-refractivity contribution in [1.82, 2.24) is 4.98 Å². The van der Waals surface area contributed by atoms with Crippen LogP contribution >= 0.6 is 11.3 Å². The van der Waals surface area contributed by atoms with E-state index in [1.807, 2.05) is 54.6 Å². The molecule has 0 saturated heterocycles. The van der Waals surface area contributed by atoms with Gasteiger partial charge in [0, 0.05) is 0 Å². The minimum absolute atomic E-state index is 0.0283. The molecule has 4 aromatic rings. The number of anilines is 1. The second-order valence-corrected chi connectivity index (χ2v) is 6.84. The minimum Gasteiger partial charge on any atom is -0.493 e. The van der Waals surface area contributed by atoms with Crippen molar-refractivity contribution in [3.63, 3.8) is 0 Å². The van der Waals surface area contributed by atoms with Crippen LogP contribution < -0.4 is 5.32 Å². The van der Waals surface area contributed by atoms with Gasteiger partial charge in [-0.05, 0) is 16.7 Å². The maximum atomic E-state index is 9.72. The van der Waals surface area contributed by atoms with Gasteiger partial charge in [-0.1, -0.05) is 91.0 Å². The van der Waals surface area contributed by atoms with Gasteiger partial charge >= 0.3 is 0 Å². The highest BCUT2D eigenvalue weighted by Crippen LogP contribution is 2.40. The Balaban J connectivity index is 2.00. The second kappa shape index (κ2) is 7.02. The summed E-state index contributed by atoms with van der Waals surface area (Å²) < 4.78 is 0. The van der Waals surface area contributed by atoms with Crippen molar-refractivity contribution in [2.24, 2.45) is 0 Å². The molecule has 3 aromatic carbocycles. The number of thiazole rings is 1. The lowest BCUT2D eigenvalue weighted by molar-refractivity contribution is 0.457. The normalized spacial score (nSPS) is 11.2. The van der Waals surface area contributed by atoms with Crippen LogP contribution in [0.3, 0.4) is 0 Å². The molecule has 128 valence electrons. The zero-order valence-electron chi connectivity index (χ0n) is 14.0. The number of hydrogen-bond donors (Lipinski definition) is 2. The van der Waals surface area contributed by atoms with Gasteiger partial charge in [-0.2, -0.15) is 4.98 Å². The molecule has 0 spiro atoms. The third kappa shape index (κ3) is 2.95. The first-order valence-corrected chi connectivity index (χ1v) is 9.26. The van der Waals surface area contributed by atoms with Crippen molar-refractivity contribution >= 4 is 16.5 Å². The van der Waals surface area contributed by atoms with E-state index in [2.05, 4.69) is 46.7 Å². The maximum absolute atomic E-state index is 9.72. The van der Waals surface area contributed by atoms with E-state index in [0.717, 1.165) is 16.7 Å². The highest BCUT2D eigenvalue weighted by Gasteiger charge is 2.37. The average molecular weight is 358 g/mol. The van der Waals surface area contributed by atoms with E-state index in [9.17, 15) is 5.11 Å². The van der Waals surface area contributed by atoms with Crippen molar-refractivity contribution in [3.05, 3.63) is 113 Å². The molecule has 0 bridgehead atoms. The zero-order chi connectivity index (χ0) is 17.8. The predicted octanol–water partition coefficient (Wildman–Crippen LogP) is 5.25. The molecule has 0 saturated carbocycles. The molecule has 0 atom stereocenters. The third-order valence-electron chi connectivity index (χ3n) is 4.41. The number of hydrogen-bond acceptors (Lipinski definition) is 4. The van der Waals surface area contributed by atoms with Crippen LogP contribution in [0, 0.1) is 0 Å². The highest BCUT2D eigenvalue weighted by molar-refractivity contribution is 7.13. The van der Waals surface area contributed by atoms with Crippen LogP contribution in [-0.2, 0) is 5.54 Å². The SMILES string of the molecule is Oc1csc(NC(c2ccccc2)(c2ccccc2)c2ccccc2)n1. The first kappa shape index (κ1) is 16.4. The average Bonchev–Trinajstić information content (AvgIpc) is 3.13. The van der Waals surface area contributed by atoms with Crippen LogP contribution in [0.25, 0.3) is 0 Å². The van der Waals surface area contributed by atoms with Crippen molar-refractivity contribution in [2.75, 3.05) is 5.32 Å². The fourth-order valence-corrected chi connectivity index (χ4v) is 3.89. The Morgan fingerprint density at radius 3 is 1.46 bits per heavy atom. The standard InChI is InChI=1S/C22H18N2OS/c25-20-16-26-21(23-20)24-22(17-10-4-1-5-11-17,18-12-6-2-7-13-18)19-14-8-3-9-15-19/h1-16,25H,(H,23,24). The van der Waals surface area contributed by atoms with Gasteiger partial charge in [-0.25, -0.2) is 0 Å². The van der Waals surface area contributed by atoms with Gasteiger partial charge in [0.2, 0.25) is 5.88 Å². The molecule has 1 aromatic heterocycles. The zero-order valence-corrected chi connectivity index (χ0v) is 14.9. The fraction of sp³-hybridized carbons (Fsp3) is 0.0455. The van der Waals surface area contributed by atoms with Crippen LogP contribution in [-0.4, -0.2) is 10.1 Å². The number of aromatic nitrogens is 1. The molecule has 0 fully saturated rings. The van der Waals surface area contributed by atoms with E-state index in [0.29, 0.717) is 5.13 Å². The van der Waals surface area contributed by atoms with Gasteiger partial charge in [0.05, 0.1) is 5.38 Å². The molecule has 3 nitrogen and oxygen atoms in total. The summed E-state index contributed by atoms with van der Waals surface area (Å²) in [6.45, 7) is 0. The third-order valence-corrected chi connectivity index (χ3v) is 5.15. The van der Waals surface area contributed by atoms with Crippen LogP contribution in [0.2, 0.25) is 0 Å². The number of rotatable bonds is 5. The van der Waals surface area contributed by atoms with Crippen LogP contribution in [0.4, 0.5) is 5.13 Å². The summed E-state index contributed by atoms with van der Waals surface area (Å²) in [7, 11) is 0. The number of benzene rings is 3. The summed E-state index contributed by atoms with van der Waals surface area (Å²) in [5.74, 6) is 0.0283. The van der Waals surface area contributed by atoms with Crippen LogP contribution in [0.5, 0.6) is 5.88 Å². The van der Waals surface area contributed by atoms with E-state index in [4.69, 9.17) is 0 Å². The summed E-state index contributed by atoms with van der Waals surface area (Å²) in [6, 6.07) is 30.9. The molecule has 26 heavy (non-hydrogen) atoms. The Morgan fingerprint density at radius 2 is 1.12 bits per heavy atom. The Hall–Kier alpha value is -3.11. The summed E-state index contributed by atoms with van der Waals surface area (Å²) >= 11 is 1.39. The Bertz CT molecular complexity index is 872. The number of nitrogens with zero attached hydrogens (tertiary/aromatic N) is 1. The van der Waals surface area contributed by atoms with Crippen molar-refractivity contribution in [1.29, 1.82) is 0 Å². The molecule has 0 aliphatic heterocycles. The molecule has 0 amide bonds. The first-order chi connectivity index (χ1) is 12.8. The topological polar surface area (TPSA) is 45.1 Å². The van der Waals surface area contributed by atoms with E-state index >= 15 is 0 Å². The Kier molecular flexibility index (Phi) is 4.42. The lowest BCUT2D eigenvalue weighted by Gasteiger charge is -2.36. The fourth-order valence-electron chi connectivity index (χ4n) is 3.26. The first-order valence-electron chi connectivity index (χ1n) is 8.38. The summed E-state index contributed by atoms with van der Waals surface area (Å²) in [5, 5.41) is 15.6. The summed E-state index contributed by atoms with van der Waals surface area (Å²) in [5.41, 5.74) is 2.69. The monoisotopic (exact) mass is 358 g/mol. The minimum atomic E-state index is -0.617. The Labute approximate surface area is 156 Å². The van der Waals surface area contributed by atoms with Crippen molar-refractivity contribution in [3.8, 4) is 5.88 Å². The number of nitrogens with one attached hydrogen (secondary N) is 1. The molecule has 4 rings (SSSR count). The quantitative estimate of drug-likeness (QED) is 0.479. The second-order valence-electron chi connectivity index (χ2n) is 5.98. The van der Waals surface area contributed by atoms with Gasteiger partial charge < -0.3 is 10.4 Å². The predicted molar refractivity (Wildman–Crippen MR) is 107 cm³/mol. The van der Waals surface area contributed by atoms with Gasteiger partial charge in [0.1, 0.15) is 5.54 Å². The van der Waals surface area contributed by atoms with Gasteiger partial charge in [0.15, 0.2) is 5.13 Å². The summed E-state index contributed by atoms with van der Waals surface area (Å²) in [4.78, 5) is 4.23. The molecule has 0 aliphatic carbocycles. The van der Waals surface area contributed by atoms with Crippen molar-refractivity contribution < 1.29 is 5.11 Å². The van der Waals surface area contributed by atoms with E-state index in [1.165, 1.54) is 11.3 Å². The maximum Gasteiger partial charge on any atom is 0.223 e. The molecule has 1 heterocycles. The molecule has 0 unspecified atom stereocenters. The smallest absolute Gasteiger partial charge is 0.223 e. The van der Waals surface area contributed by atoms with Gasteiger partial charge in [-0.3, -0.25) is 0 Å². The summed E-state index contributed by atoms with van der Waals surface area (Å²) in [6.07, 6.45) is 0. The molecule has 2 N–H and O–H groups in total.